The van der Waals surface area contributed by atoms with Crippen LogP contribution in [0, 0.1) is 5.92 Å². The lowest BCUT2D eigenvalue weighted by molar-refractivity contribution is -0.0877. The largest absolute Gasteiger partial charge is 0.389 e. The first-order valence-electron chi connectivity index (χ1n) is 5.07. The van der Waals surface area contributed by atoms with Gasteiger partial charge in [-0.15, -0.1) is 0 Å². The van der Waals surface area contributed by atoms with E-state index in [9.17, 15) is 5.11 Å². The average Bonchev–Trinajstić information content (AvgIpc) is 2.16. The zero-order chi connectivity index (χ0) is 9.90. The van der Waals surface area contributed by atoms with Gasteiger partial charge in [0, 0.05) is 13.5 Å². The van der Waals surface area contributed by atoms with Crippen LogP contribution in [0.15, 0.2) is 0 Å². The first-order chi connectivity index (χ1) is 6.12. The van der Waals surface area contributed by atoms with Gasteiger partial charge in [0.05, 0.1) is 11.7 Å². The second-order valence-electron chi connectivity index (χ2n) is 4.19. The topological polar surface area (TPSA) is 55.5 Å². The molecule has 13 heavy (non-hydrogen) atoms. The third-order valence-corrected chi connectivity index (χ3v) is 3.32. The molecule has 0 aromatic carbocycles. The summed E-state index contributed by atoms with van der Waals surface area (Å²) < 4.78 is 5.28. The van der Waals surface area contributed by atoms with Crippen LogP contribution < -0.4 is 5.73 Å². The zero-order valence-corrected chi connectivity index (χ0v) is 8.62. The summed E-state index contributed by atoms with van der Waals surface area (Å²) in [5, 5.41) is 10.3. The SMILES string of the molecule is COC1CCCC(O)(C(C)CN)C1. The smallest absolute Gasteiger partial charge is 0.0709 e. The van der Waals surface area contributed by atoms with Gasteiger partial charge in [-0.25, -0.2) is 0 Å². The molecule has 1 aliphatic carbocycles. The van der Waals surface area contributed by atoms with Gasteiger partial charge in [-0.2, -0.15) is 0 Å². The Morgan fingerprint density at radius 3 is 2.92 bits per heavy atom. The molecule has 3 atom stereocenters. The Labute approximate surface area is 80.3 Å². The molecule has 1 saturated carbocycles. The van der Waals surface area contributed by atoms with E-state index in [2.05, 4.69) is 0 Å². The van der Waals surface area contributed by atoms with Crippen LogP contribution in [-0.2, 0) is 4.74 Å². The predicted octanol–water partition coefficient (Wildman–Crippen LogP) is 0.901. The van der Waals surface area contributed by atoms with Crippen molar-refractivity contribution in [3.63, 3.8) is 0 Å². The lowest BCUT2D eigenvalue weighted by atomic mass is 9.75. The molecule has 0 aromatic rings. The molecule has 1 aliphatic rings. The average molecular weight is 187 g/mol. The van der Waals surface area contributed by atoms with E-state index < -0.39 is 5.60 Å². The molecule has 0 spiro atoms. The van der Waals surface area contributed by atoms with Crippen LogP contribution in [0.5, 0.6) is 0 Å². The maximum Gasteiger partial charge on any atom is 0.0709 e. The molecular formula is C10H21NO2. The van der Waals surface area contributed by atoms with Gasteiger partial charge in [-0.05, 0) is 31.7 Å². The summed E-state index contributed by atoms with van der Waals surface area (Å²) in [4.78, 5) is 0. The van der Waals surface area contributed by atoms with Crippen LogP contribution in [0.2, 0.25) is 0 Å². The lowest BCUT2D eigenvalue weighted by Gasteiger charge is -2.40. The molecule has 0 amide bonds. The van der Waals surface area contributed by atoms with Crippen LogP contribution in [0.1, 0.15) is 32.6 Å². The number of ether oxygens (including phenoxy) is 1. The monoisotopic (exact) mass is 187 g/mol. The summed E-state index contributed by atoms with van der Waals surface area (Å²) in [6.45, 7) is 2.56. The van der Waals surface area contributed by atoms with Crippen molar-refractivity contribution in [1.29, 1.82) is 0 Å². The van der Waals surface area contributed by atoms with E-state index >= 15 is 0 Å². The minimum atomic E-state index is -0.590. The van der Waals surface area contributed by atoms with Crippen molar-refractivity contribution >= 4 is 0 Å². The highest BCUT2D eigenvalue weighted by atomic mass is 16.5. The fraction of sp³-hybridized carbons (Fsp3) is 1.00. The number of rotatable bonds is 3. The Morgan fingerprint density at radius 1 is 1.69 bits per heavy atom. The van der Waals surface area contributed by atoms with Gasteiger partial charge in [0.1, 0.15) is 0 Å². The molecule has 0 radical (unpaired) electrons. The van der Waals surface area contributed by atoms with E-state index in [1.807, 2.05) is 6.92 Å². The highest BCUT2D eigenvalue weighted by Crippen LogP contribution is 2.34. The number of hydrogen-bond donors (Lipinski definition) is 2. The standard InChI is InChI=1S/C10H21NO2/c1-8(7-11)10(12)5-3-4-9(6-10)13-2/h8-9,12H,3-7,11H2,1-2H3. The molecule has 0 heterocycles. The summed E-state index contributed by atoms with van der Waals surface area (Å²) in [6.07, 6.45) is 3.93. The van der Waals surface area contributed by atoms with Crippen molar-refractivity contribution in [2.45, 2.75) is 44.3 Å². The van der Waals surface area contributed by atoms with Gasteiger partial charge in [-0.1, -0.05) is 6.92 Å². The summed E-state index contributed by atoms with van der Waals surface area (Å²) >= 11 is 0. The molecule has 3 heteroatoms. The van der Waals surface area contributed by atoms with E-state index in [4.69, 9.17) is 10.5 Å². The van der Waals surface area contributed by atoms with E-state index in [0.29, 0.717) is 6.54 Å². The minimum absolute atomic E-state index is 0.172. The summed E-state index contributed by atoms with van der Waals surface area (Å²) in [6, 6.07) is 0. The zero-order valence-electron chi connectivity index (χ0n) is 8.62. The van der Waals surface area contributed by atoms with Crippen molar-refractivity contribution in [3.8, 4) is 0 Å². The van der Waals surface area contributed by atoms with Crippen LogP contribution in [0.3, 0.4) is 0 Å². The van der Waals surface area contributed by atoms with Crippen molar-refractivity contribution in [3.05, 3.63) is 0 Å². The van der Waals surface area contributed by atoms with Gasteiger partial charge in [-0.3, -0.25) is 0 Å². The molecule has 3 nitrogen and oxygen atoms in total. The number of aliphatic hydroxyl groups is 1. The van der Waals surface area contributed by atoms with Crippen LogP contribution >= 0.6 is 0 Å². The normalized spacial score (nSPS) is 37.4. The maximum atomic E-state index is 10.3. The van der Waals surface area contributed by atoms with E-state index in [1.165, 1.54) is 0 Å². The highest BCUT2D eigenvalue weighted by molar-refractivity contribution is 4.91. The van der Waals surface area contributed by atoms with E-state index in [0.717, 1.165) is 25.7 Å². The molecule has 1 rings (SSSR count). The predicted molar refractivity (Wildman–Crippen MR) is 52.4 cm³/mol. The Hall–Kier alpha value is -0.120. The molecule has 3 unspecified atom stereocenters. The van der Waals surface area contributed by atoms with Crippen molar-refractivity contribution in [2.75, 3.05) is 13.7 Å². The van der Waals surface area contributed by atoms with Gasteiger partial charge in [0.25, 0.3) is 0 Å². The van der Waals surface area contributed by atoms with Crippen LogP contribution in [-0.4, -0.2) is 30.5 Å². The van der Waals surface area contributed by atoms with Crippen molar-refractivity contribution < 1.29 is 9.84 Å². The first kappa shape index (κ1) is 11.0. The molecule has 1 fully saturated rings. The van der Waals surface area contributed by atoms with Crippen LogP contribution in [0.4, 0.5) is 0 Å². The summed E-state index contributed by atoms with van der Waals surface area (Å²) in [5.41, 5.74) is 4.98. The van der Waals surface area contributed by atoms with E-state index in [1.54, 1.807) is 7.11 Å². The second kappa shape index (κ2) is 4.40. The van der Waals surface area contributed by atoms with Crippen molar-refractivity contribution in [2.24, 2.45) is 11.7 Å². The molecule has 0 bridgehead atoms. The maximum absolute atomic E-state index is 10.3. The molecule has 0 aromatic heterocycles. The molecule has 3 N–H and O–H groups in total. The Kier molecular flexibility index (Phi) is 3.71. The van der Waals surface area contributed by atoms with Crippen LogP contribution in [0.25, 0.3) is 0 Å². The minimum Gasteiger partial charge on any atom is -0.389 e. The quantitative estimate of drug-likeness (QED) is 0.690. The first-order valence-corrected chi connectivity index (χ1v) is 5.07. The molecule has 0 saturated heterocycles. The van der Waals surface area contributed by atoms with Crippen molar-refractivity contribution in [1.82, 2.24) is 0 Å². The lowest BCUT2D eigenvalue weighted by Crippen LogP contribution is -2.46. The van der Waals surface area contributed by atoms with Gasteiger partial charge < -0.3 is 15.6 Å². The second-order valence-corrected chi connectivity index (χ2v) is 4.19. The number of methoxy groups -OCH3 is 1. The molecule has 78 valence electrons. The van der Waals surface area contributed by atoms with Gasteiger partial charge in [0.15, 0.2) is 0 Å². The molecule has 0 aliphatic heterocycles. The Balaban J connectivity index is 2.56. The third kappa shape index (κ3) is 2.42. The number of nitrogens with two attached hydrogens (primary N) is 1. The Morgan fingerprint density at radius 2 is 2.38 bits per heavy atom. The summed E-state index contributed by atoms with van der Waals surface area (Å²) in [7, 11) is 1.71. The fourth-order valence-electron chi connectivity index (χ4n) is 2.10. The van der Waals surface area contributed by atoms with Gasteiger partial charge in [0.2, 0.25) is 0 Å². The number of hydrogen-bond acceptors (Lipinski definition) is 3. The van der Waals surface area contributed by atoms with Gasteiger partial charge >= 0.3 is 0 Å². The highest BCUT2D eigenvalue weighted by Gasteiger charge is 2.38. The van der Waals surface area contributed by atoms with E-state index in [-0.39, 0.29) is 12.0 Å². The Bertz CT molecular complexity index is 163. The fourth-order valence-corrected chi connectivity index (χ4v) is 2.10. The summed E-state index contributed by atoms with van der Waals surface area (Å²) in [5.74, 6) is 0.172. The molecular weight excluding hydrogens is 166 g/mol. The third-order valence-electron chi connectivity index (χ3n) is 3.32.